The van der Waals surface area contributed by atoms with E-state index in [0.29, 0.717) is 12.1 Å². The molecule has 7 heteroatoms. The summed E-state index contributed by atoms with van der Waals surface area (Å²) in [5, 5.41) is 2.51. The van der Waals surface area contributed by atoms with Gasteiger partial charge in [0.1, 0.15) is 5.82 Å². The highest BCUT2D eigenvalue weighted by Gasteiger charge is 2.16. The zero-order valence-electron chi connectivity index (χ0n) is 13.3. The summed E-state index contributed by atoms with van der Waals surface area (Å²) in [6, 6.07) is 6.09. The van der Waals surface area contributed by atoms with Gasteiger partial charge in [-0.05, 0) is 36.2 Å². The fourth-order valence-electron chi connectivity index (χ4n) is 2.07. The van der Waals surface area contributed by atoms with Crippen molar-refractivity contribution < 1.29 is 14.0 Å². The number of nitrogens with one attached hydrogen (secondary N) is 1. The molecule has 2 aromatic rings. The summed E-state index contributed by atoms with van der Waals surface area (Å²) in [6.45, 7) is 1.75. The van der Waals surface area contributed by atoms with Gasteiger partial charge in [0.25, 0.3) is 5.91 Å². The number of carbonyl (C=O) groups excluding carboxylic acids is 2. The first-order valence-corrected chi connectivity index (χ1v) is 7.63. The summed E-state index contributed by atoms with van der Waals surface area (Å²) in [4.78, 5) is 29.7. The summed E-state index contributed by atoms with van der Waals surface area (Å²) in [5.74, 6) is -1.27. The van der Waals surface area contributed by atoms with Crippen LogP contribution in [0.15, 0.2) is 36.7 Å². The number of benzene rings is 1. The maximum absolute atomic E-state index is 13.4. The monoisotopic (exact) mass is 349 g/mol. The Morgan fingerprint density at radius 2 is 2.12 bits per heavy atom. The van der Waals surface area contributed by atoms with E-state index in [2.05, 4.69) is 10.3 Å². The van der Waals surface area contributed by atoms with E-state index in [1.54, 1.807) is 25.5 Å². The van der Waals surface area contributed by atoms with Gasteiger partial charge in [-0.2, -0.15) is 0 Å². The smallest absolute Gasteiger partial charge is 0.253 e. The normalized spacial score (nSPS) is 10.3. The van der Waals surface area contributed by atoms with Gasteiger partial charge in [-0.15, -0.1) is 0 Å². The molecule has 1 N–H and O–H groups in total. The highest BCUT2D eigenvalue weighted by Crippen LogP contribution is 2.20. The molecule has 2 amide bonds. The standard InChI is InChI=1S/C17H17ClFN3O2/c1-11-6-13(14(18)7-15(11)19)17(24)21-9-16(23)22(2)10-12-4-3-5-20-8-12/h3-8H,9-10H2,1-2H3,(H,21,24). The molecule has 0 atom stereocenters. The zero-order chi connectivity index (χ0) is 17.7. The Morgan fingerprint density at radius 1 is 1.38 bits per heavy atom. The van der Waals surface area contributed by atoms with Gasteiger partial charge in [0.05, 0.1) is 17.1 Å². The Labute approximate surface area is 144 Å². The SMILES string of the molecule is Cc1cc(C(=O)NCC(=O)N(C)Cc2cccnc2)c(Cl)cc1F. The van der Waals surface area contributed by atoms with Crippen LogP contribution in [0, 0.1) is 12.7 Å². The number of carbonyl (C=O) groups is 2. The van der Waals surface area contributed by atoms with Gasteiger partial charge in [-0.25, -0.2) is 4.39 Å². The number of aryl methyl sites for hydroxylation is 1. The first kappa shape index (κ1) is 17.9. The molecular weight excluding hydrogens is 333 g/mol. The first-order valence-electron chi connectivity index (χ1n) is 7.25. The van der Waals surface area contributed by atoms with Crippen molar-refractivity contribution in [3.63, 3.8) is 0 Å². The van der Waals surface area contributed by atoms with Crippen LogP contribution in [0.1, 0.15) is 21.5 Å². The molecule has 24 heavy (non-hydrogen) atoms. The number of halogens is 2. The maximum atomic E-state index is 13.4. The molecule has 1 heterocycles. The van der Waals surface area contributed by atoms with Crippen molar-refractivity contribution in [2.75, 3.05) is 13.6 Å². The summed E-state index contributed by atoms with van der Waals surface area (Å²) in [5.41, 5.74) is 1.33. The lowest BCUT2D eigenvalue weighted by molar-refractivity contribution is -0.129. The predicted octanol–water partition coefficient (Wildman–Crippen LogP) is 2.57. The van der Waals surface area contributed by atoms with Gasteiger partial charge in [0.15, 0.2) is 0 Å². The van der Waals surface area contributed by atoms with Crippen LogP contribution < -0.4 is 5.32 Å². The lowest BCUT2D eigenvalue weighted by atomic mass is 10.1. The van der Waals surface area contributed by atoms with Crippen molar-refractivity contribution in [3.05, 3.63) is 64.2 Å². The minimum Gasteiger partial charge on any atom is -0.343 e. The van der Waals surface area contributed by atoms with Gasteiger partial charge < -0.3 is 10.2 Å². The molecule has 5 nitrogen and oxygen atoms in total. The molecule has 126 valence electrons. The van der Waals surface area contributed by atoms with E-state index in [9.17, 15) is 14.0 Å². The average molecular weight is 350 g/mol. The minimum atomic E-state index is -0.522. The molecule has 0 saturated carbocycles. The van der Waals surface area contributed by atoms with E-state index >= 15 is 0 Å². The number of amides is 2. The van der Waals surface area contributed by atoms with Crippen LogP contribution >= 0.6 is 11.6 Å². The van der Waals surface area contributed by atoms with Crippen LogP contribution in [0.3, 0.4) is 0 Å². The second kappa shape index (κ2) is 7.88. The summed E-state index contributed by atoms with van der Waals surface area (Å²) >= 11 is 5.88. The molecule has 0 aliphatic rings. The molecule has 0 spiro atoms. The van der Waals surface area contributed by atoms with Gasteiger partial charge in [0, 0.05) is 26.0 Å². The van der Waals surface area contributed by atoms with Crippen LogP contribution in [0.25, 0.3) is 0 Å². The Balaban J connectivity index is 1.94. The lowest BCUT2D eigenvalue weighted by Crippen LogP contribution is -2.38. The molecule has 0 saturated heterocycles. The maximum Gasteiger partial charge on any atom is 0.253 e. The molecule has 2 rings (SSSR count). The summed E-state index contributed by atoms with van der Waals surface area (Å²) in [6.07, 6.45) is 3.32. The Morgan fingerprint density at radius 3 is 2.79 bits per heavy atom. The molecular formula is C17H17ClFN3O2. The third-order valence-corrected chi connectivity index (χ3v) is 3.77. The quantitative estimate of drug-likeness (QED) is 0.902. The van der Waals surface area contributed by atoms with Crippen LogP contribution in [-0.2, 0) is 11.3 Å². The summed E-state index contributed by atoms with van der Waals surface area (Å²) < 4.78 is 13.4. The van der Waals surface area contributed by atoms with E-state index in [-0.39, 0.29) is 23.0 Å². The number of nitrogens with zero attached hydrogens (tertiary/aromatic N) is 2. The van der Waals surface area contributed by atoms with E-state index in [1.165, 1.54) is 17.9 Å². The average Bonchev–Trinajstić information content (AvgIpc) is 2.56. The predicted molar refractivity (Wildman–Crippen MR) is 89.2 cm³/mol. The van der Waals surface area contributed by atoms with Crippen LogP contribution in [0.2, 0.25) is 5.02 Å². The zero-order valence-corrected chi connectivity index (χ0v) is 14.1. The molecule has 1 aromatic heterocycles. The number of likely N-dealkylation sites (N-methyl/N-ethyl adjacent to an activating group) is 1. The van der Waals surface area contributed by atoms with E-state index in [1.807, 2.05) is 6.07 Å². The van der Waals surface area contributed by atoms with Crippen molar-refractivity contribution in [1.29, 1.82) is 0 Å². The van der Waals surface area contributed by atoms with E-state index in [0.717, 1.165) is 11.6 Å². The number of hydrogen-bond donors (Lipinski definition) is 1. The number of aromatic nitrogens is 1. The van der Waals surface area contributed by atoms with Crippen LogP contribution in [-0.4, -0.2) is 35.3 Å². The molecule has 0 radical (unpaired) electrons. The van der Waals surface area contributed by atoms with Gasteiger partial charge in [-0.3, -0.25) is 14.6 Å². The third-order valence-electron chi connectivity index (χ3n) is 3.46. The molecule has 0 unspecified atom stereocenters. The highest BCUT2D eigenvalue weighted by atomic mass is 35.5. The van der Waals surface area contributed by atoms with Gasteiger partial charge in [0.2, 0.25) is 5.91 Å². The fraction of sp³-hybridized carbons (Fsp3) is 0.235. The Bertz CT molecular complexity index is 753. The third kappa shape index (κ3) is 4.52. The molecule has 1 aromatic carbocycles. The van der Waals surface area contributed by atoms with E-state index < -0.39 is 11.7 Å². The number of pyridine rings is 1. The number of hydrogen-bond acceptors (Lipinski definition) is 3. The Hall–Kier alpha value is -2.47. The summed E-state index contributed by atoms with van der Waals surface area (Å²) in [7, 11) is 1.64. The molecule has 0 aliphatic carbocycles. The highest BCUT2D eigenvalue weighted by molar-refractivity contribution is 6.33. The molecule has 0 aliphatic heterocycles. The van der Waals surface area contributed by atoms with E-state index in [4.69, 9.17) is 11.6 Å². The van der Waals surface area contributed by atoms with Gasteiger partial charge in [-0.1, -0.05) is 17.7 Å². The van der Waals surface area contributed by atoms with Gasteiger partial charge >= 0.3 is 0 Å². The van der Waals surface area contributed by atoms with Crippen LogP contribution in [0.4, 0.5) is 4.39 Å². The minimum absolute atomic E-state index is 0.00626. The van der Waals surface area contributed by atoms with Crippen molar-refractivity contribution in [2.24, 2.45) is 0 Å². The van der Waals surface area contributed by atoms with Crippen molar-refractivity contribution in [2.45, 2.75) is 13.5 Å². The fourth-order valence-corrected chi connectivity index (χ4v) is 2.31. The van der Waals surface area contributed by atoms with Crippen molar-refractivity contribution >= 4 is 23.4 Å². The topological polar surface area (TPSA) is 62.3 Å². The Kier molecular flexibility index (Phi) is 5.87. The second-order valence-corrected chi connectivity index (χ2v) is 5.78. The van der Waals surface area contributed by atoms with Crippen LogP contribution in [0.5, 0.6) is 0 Å². The number of rotatable bonds is 5. The molecule has 0 fully saturated rings. The second-order valence-electron chi connectivity index (χ2n) is 5.37. The largest absolute Gasteiger partial charge is 0.343 e. The first-order chi connectivity index (χ1) is 11.4. The molecule has 0 bridgehead atoms. The lowest BCUT2D eigenvalue weighted by Gasteiger charge is -2.17. The van der Waals surface area contributed by atoms with Crippen molar-refractivity contribution in [3.8, 4) is 0 Å². The van der Waals surface area contributed by atoms with Crippen molar-refractivity contribution in [1.82, 2.24) is 15.2 Å².